The van der Waals surface area contributed by atoms with Crippen molar-refractivity contribution < 1.29 is 4.79 Å². The molecule has 1 spiro atoms. The lowest BCUT2D eigenvalue weighted by atomic mass is 9.76. The van der Waals surface area contributed by atoms with Crippen molar-refractivity contribution in [2.24, 2.45) is 0 Å². The molecule has 1 saturated heterocycles. The number of aromatic nitrogens is 3. The van der Waals surface area contributed by atoms with Gasteiger partial charge < -0.3 is 14.9 Å². The van der Waals surface area contributed by atoms with Crippen molar-refractivity contribution in [2.45, 2.75) is 57.3 Å². The van der Waals surface area contributed by atoms with Crippen LogP contribution in [0.4, 0.5) is 0 Å². The highest BCUT2D eigenvalue weighted by molar-refractivity contribution is 5.92. The van der Waals surface area contributed by atoms with Gasteiger partial charge in [-0.15, -0.1) is 0 Å². The molecule has 2 N–H and O–H groups in total. The Hall–Kier alpha value is -2.37. The summed E-state index contributed by atoms with van der Waals surface area (Å²) >= 11 is 0. The van der Waals surface area contributed by atoms with Crippen LogP contribution in [-0.2, 0) is 17.3 Å². The van der Waals surface area contributed by atoms with Crippen molar-refractivity contribution in [3.63, 3.8) is 0 Å². The standard InChI is InChI=1S/C20H26N4O2/c1-19(2,3)18-22-15-13(16(25)23-18)6-7-20(15)8-11-24(12-9-20)17(26)14-5-4-10-21-14/h4-5,10,21H,6-9,11-12H2,1-3H3,(H,22,23,25). The van der Waals surface area contributed by atoms with E-state index in [2.05, 4.69) is 30.7 Å². The third kappa shape index (κ3) is 2.68. The van der Waals surface area contributed by atoms with Crippen LogP contribution < -0.4 is 5.56 Å². The molecule has 2 aliphatic rings. The Balaban J connectivity index is 1.61. The molecule has 0 atom stereocenters. The Bertz CT molecular complexity index is 882. The zero-order chi connectivity index (χ0) is 18.5. The minimum Gasteiger partial charge on any atom is -0.357 e. The van der Waals surface area contributed by atoms with Crippen molar-refractivity contribution >= 4 is 5.91 Å². The number of amides is 1. The lowest BCUT2D eigenvalue weighted by Crippen LogP contribution is -2.45. The van der Waals surface area contributed by atoms with Gasteiger partial charge in [-0.1, -0.05) is 20.8 Å². The number of fused-ring (bicyclic) bond motifs is 2. The average molecular weight is 354 g/mol. The van der Waals surface area contributed by atoms with E-state index >= 15 is 0 Å². The first-order valence-electron chi connectivity index (χ1n) is 9.37. The Morgan fingerprint density at radius 3 is 2.58 bits per heavy atom. The van der Waals surface area contributed by atoms with Gasteiger partial charge in [0.2, 0.25) is 0 Å². The molecule has 4 rings (SSSR count). The zero-order valence-corrected chi connectivity index (χ0v) is 15.7. The Labute approximate surface area is 153 Å². The molecule has 26 heavy (non-hydrogen) atoms. The van der Waals surface area contributed by atoms with Crippen molar-refractivity contribution in [3.8, 4) is 0 Å². The maximum Gasteiger partial charge on any atom is 0.270 e. The maximum atomic E-state index is 12.6. The number of rotatable bonds is 1. The summed E-state index contributed by atoms with van der Waals surface area (Å²) in [6.07, 6.45) is 5.25. The number of aromatic amines is 2. The van der Waals surface area contributed by atoms with E-state index in [1.54, 1.807) is 6.20 Å². The summed E-state index contributed by atoms with van der Waals surface area (Å²) in [5, 5.41) is 0. The predicted molar refractivity (Wildman–Crippen MR) is 99.5 cm³/mol. The fourth-order valence-corrected chi connectivity index (χ4v) is 4.26. The highest BCUT2D eigenvalue weighted by Gasteiger charge is 2.45. The maximum absolute atomic E-state index is 12.6. The number of nitrogens with zero attached hydrogens (tertiary/aromatic N) is 2. The van der Waals surface area contributed by atoms with Crippen LogP contribution in [0.15, 0.2) is 23.1 Å². The fourth-order valence-electron chi connectivity index (χ4n) is 4.26. The molecule has 6 heteroatoms. The van der Waals surface area contributed by atoms with Crippen LogP contribution in [0, 0.1) is 0 Å². The quantitative estimate of drug-likeness (QED) is 0.825. The molecule has 0 radical (unpaired) electrons. The molecule has 138 valence electrons. The number of carbonyl (C=O) groups is 1. The van der Waals surface area contributed by atoms with Gasteiger partial charge in [-0.3, -0.25) is 9.59 Å². The lowest BCUT2D eigenvalue weighted by Gasteiger charge is -2.39. The number of carbonyl (C=O) groups excluding carboxylic acids is 1. The van der Waals surface area contributed by atoms with E-state index in [0.29, 0.717) is 18.8 Å². The van der Waals surface area contributed by atoms with Gasteiger partial charge in [-0.25, -0.2) is 4.98 Å². The summed E-state index contributed by atoms with van der Waals surface area (Å²) in [4.78, 5) is 37.9. The van der Waals surface area contributed by atoms with Crippen LogP contribution in [0.3, 0.4) is 0 Å². The molecule has 0 aromatic carbocycles. The Morgan fingerprint density at radius 2 is 1.96 bits per heavy atom. The van der Waals surface area contributed by atoms with Crippen LogP contribution in [0.5, 0.6) is 0 Å². The van der Waals surface area contributed by atoms with E-state index in [9.17, 15) is 9.59 Å². The molecule has 1 aliphatic carbocycles. The molecular weight excluding hydrogens is 328 g/mol. The Morgan fingerprint density at radius 1 is 1.23 bits per heavy atom. The number of H-pyrrole nitrogens is 2. The van der Waals surface area contributed by atoms with Crippen LogP contribution in [0.25, 0.3) is 0 Å². The minimum atomic E-state index is -0.192. The highest BCUT2D eigenvalue weighted by atomic mass is 16.2. The van der Waals surface area contributed by atoms with Gasteiger partial charge in [-0.05, 0) is 37.8 Å². The molecular formula is C20H26N4O2. The minimum absolute atomic E-state index is 0.0155. The molecule has 1 aliphatic heterocycles. The van der Waals surface area contributed by atoms with Gasteiger partial charge in [0.05, 0.1) is 5.69 Å². The van der Waals surface area contributed by atoms with Gasteiger partial charge in [-0.2, -0.15) is 0 Å². The summed E-state index contributed by atoms with van der Waals surface area (Å²) in [6.45, 7) is 7.61. The predicted octanol–water partition coefficient (Wildman–Crippen LogP) is 2.52. The van der Waals surface area contributed by atoms with Gasteiger partial charge in [0.15, 0.2) is 0 Å². The molecule has 1 fully saturated rings. The summed E-state index contributed by atoms with van der Waals surface area (Å²) in [7, 11) is 0. The van der Waals surface area contributed by atoms with Crippen LogP contribution in [0.2, 0.25) is 0 Å². The molecule has 2 aromatic heterocycles. The molecule has 3 heterocycles. The third-order valence-corrected chi connectivity index (χ3v) is 5.92. The van der Waals surface area contributed by atoms with E-state index in [-0.39, 0.29) is 22.3 Å². The molecule has 0 unspecified atom stereocenters. The molecule has 0 bridgehead atoms. The van der Waals surface area contributed by atoms with Gasteiger partial charge in [0, 0.05) is 35.7 Å². The first kappa shape index (κ1) is 17.1. The van der Waals surface area contributed by atoms with E-state index < -0.39 is 0 Å². The van der Waals surface area contributed by atoms with Gasteiger partial charge in [0.1, 0.15) is 11.5 Å². The van der Waals surface area contributed by atoms with E-state index in [1.165, 1.54) is 0 Å². The molecule has 0 saturated carbocycles. The van der Waals surface area contributed by atoms with Crippen LogP contribution in [0.1, 0.15) is 67.6 Å². The normalized spacial score (nSPS) is 19.0. The second kappa shape index (κ2) is 5.83. The molecule has 1 amide bonds. The number of nitrogens with one attached hydrogen (secondary N) is 2. The second-order valence-corrected chi connectivity index (χ2v) is 8.65. The lowest BCUT2D eigenvalue weighted by molar-refractivity contribution is 0.0658. The van der Waals surface area contributed by atoms with E-state index in [0.717, 1.165) is 42.8 Å². The van der Waals surface area contributed by atoms with Crippen LogP contribution >= 0.6 is 0 Å². The first-order chi connectivity index (χ1) is 12.3. The number of piperidine rings is 1. The topological polar surface area (TPSA) is 81.8 Å². The van der Waals surface area contributed by atoms with Crippen molar-refractivity contribution in [1.82, 2.24) is 19.9 Å². The van der Waals surface area contributed by atoms with Gasteiger partial charge >= 0.3 is 0 Å². The fraction of sp³-hybridized carbons (Fsp3) is 0.550. The van der Waals surface area contributed by atoms with E-state index in [4.69, 9.17) is 4.98 Å². The van der Waals surface area contributed by atoms with Gasteiger partial charge in [0.25, 0.3) is 11.5 Å². The number of hydrogen-bond acceptors (Lipinski definition) is 3. The van der Waals surface area contributed by atoms with Crippen molar-refractivity contribution in [3.05, 3.63) is 51.5 Å². The smallest absolute Gasteiger partial charge is 0.270 e. The number of likely N-dealkylation sites (tertiary alicyclic amines) is 1. The monoisotopic (exact) mass is 354 g/mol. The summed E-state index contributed by atoms with van der Waals surface area (Å²) in [5.41, 5.74) is 2.23. The highest BCUT2D eigenvalue weighted by Crippen LogP contribution is 2.44. The Kier molecular flexibility index (Phi) is 3.82. The third-order valence-electron chi connectivity index (χ3n) is 5.92. The average Bonchev–Trinajstić information content (AvgIpc) is 3.24. The summed E-state index contributed by atoms with van der Waals surface area (Å²) in [6, 6.07) is 3.66. The first-order valence-corrected chi connectivity index (χ1v) is 9.37. The van der Waals surface area contributed by atoms with Crippen molar-refractivity contribution in [2.75, 3.05) is 13.1 Å². The summed E-state index contributed by atoms with van der Waals surface area (Å²) < 4.78 is 0. The SMILES string of the molecule is CC(C)(C)c1nc2c(c(=O)[nH]1)CCC21CCN(C(=O)c2ccc[nH]2)CC1. The molecule has 2 aromatic rings. The zero-order valence-electron chi connectivity index (χ0n) is 15.7. The molecule has 6 nitrogen and oxygen atoms in total. The van der Waals surface area contributed by atoms with Crippen LogP contribution in [-0.4, -0.2) is 38.8 Å². The number of hydrogen-bond donors (Lipinski definition) is 2. The second-order valence-electron chi connectivity index (χ2n) is 8.65. The van der Waals surface area contributed by atoms with Crippen molar-refractivity contribution in [1.29, 1.82) is 0 Å². The largest absolute Gasteiger partial charge is 0.357 e. The van der Waals surface area contributed by atoms with E-state index in [1.807, 2.05) is 17.0 Å². The summed E-state index contributed by atoms with van der Waals surface area (Å²) in [5.74, 6) is 0.810.